The highest BCUT2D eigenvalue weighted by atomic mass is 35.5. The van der Waals surface area contributed by atoms with E-state index in [2.05, 4.69) is 4.98 Å². The average molecular weight is 333 g/mol. The highest BCUT2D eigenvalue weighted by Gasteiger charge is 2.35. The number of fused-ring (bicyclic) bond motifs is 1. The van der Waals surface area contributed by atoms with Gasteiger partial charge in [-0.15, -0.1) is 0 Å². The molecule has 0 saturated heterocycles. The number of carboxylic acids is 1. The first kappa shape index (κ1) is 15.3. The molecule has 0 aliphatic carbocycles. The number of aliphatic carboxylic acids is 1. The smallest absolute Gasteiger partial charge is 0.307 e. The van der Waals surface area contributed by atoms with Gasteiger partial charge in [0.05, 0.1) is 18.7 Å². The van der Waals surface area contributed by atoms with E-state index in [1.165, 1.54) is 4.90 Å². The van der Waals surface area contributed by atoms with Crippen LogP contribution in [0.3, 0.4) is 0 Å². The number of pyridine rings is 1. The first-order valence-corrected chi connectivity index (χ1v) is 7.31. The molecule has 0 fully saturated rings. The number of hydrogen-bond acceptors (Lipinski definition) is 4. The van der Waals surface area contributed by atoms with Gasteiger partial charge in [-0.2, -0.15) is 0 Å². The van der Waals surface area contributed by atoms with Crippen molar-refractivity contribution in [2.45, 2.75) is 19.1 Å². The van der Waals surface area contributed by atoms with Crippen LogP contribution in [-0.2, 0) is 16.1 Å². The fraction of sp³-hybridized carbons (Fsp3) is 0.188. The molecule has 3 rings (SSSR count). The molecule has 7 heteroatoms. The molecule has 1 atom stereocenters. The van der Waals surface area contributed by atoms with Gasteiger partial charge in [0.1, 0.15) is 10.9 Å². The number of carboxylic acid groups (broad SMARTS) is 1. The molecule has 1 aromatic heterocycles. The van der Waals surface area contributed by atoms with E-state index in [0.717, 1.165) is 5.56 Å². The van der Waals surface area contributed by atoms with Crippen LogP contribution in [-0.4, -0.2) is 28.1 Å². The summed E-state index contributed by atoms with van der Waals surface area (Å²) in [6.07, 6.45) is 0.158. The SMILES string of the molecule is O=C(O)C[C@H]1Oc2ccccc2N(Cc2ccc(Cl)nc2)C1=O. The number of carbonyl (C=O) groups is 2. The van der Waals surface area contributed by atoms with E-state index in [-0.39, 0.29) is 18.9 Å². The molecule has 1 N–H and O–H groups in total. The highest BCUT2D eigenvalue weighted by molar-refractivity contribution is 6.29. The van der Waals surface area contributed by atoms with Crippen molar-refractivity contribution in [3.63, 3.8) is 0 Å². The molecule has 1 amide bonds. The fourth-order valence-corrected chi connectivity index (χ4v) is 2.52. The topological polar surface area (TPSA) is 79.7 Å². The van der Waals surface area contributed by atoms with Crippen molar-refractivity contribution in [3.05, 3.63) is 53.3 Å². The number of hydrogen-bond donors (Lipinski definition) is 1. The summed E-state index contributed by atoms with van der Waals surface area (Å²) >= 11 is 5.77. The van der Waals surface area contributed by atoms with Crippen LogP contribution in [0.25, 0.3) is 0 Å². The van der Waals surface area contributed by atoms with Crippen LogP contribution < -0.4 is 9.64 Å². The standard InChI is InChI=1S/C16H13ClN2O4/c17-14-6-5-10(8-18-14)9-19-11-3-1-2-4-12(11)23-13(16(19)22)7-15(20)21/h1-6,8,13H,7,9H2,(H,20,21)/t13-/m1/s1. The summed E-state index contributed by atoms with van der Waals surface area (Å²) in [6, 6.07) is 10.4. The third kappa shape index (κ3) is 3.27. The lowest BCUT2D eigenvalue weighted by Gasteiger charge is -2.33. The largest absolute Gasteiger partial charge is 0.481 e. The number of rotatable bonds is 4. The Hall–Kier alpha value is -2.60. The number of carbonyl (C=O) groups excluding carboxylic acids is 1. The van der Waals surface area contributed by atoms with Crippen LogP contribution in [0.2, 0.25) is 5.15 Å². The molecule has 23 heavy (non-hydrogen) atoms. The molecule has 0 saturated carbocycles. The molecule has 0 spiro atoms. The Morgan fingerprint density at radius 2 is 2.09 bits per heavy atom. The van der Waals surface area contributed by atoms with Gasteiger partial charge in [0.15, 0.2) is 6.10 Å². The van der Waals surface area contributed by atoms with E-state index < -0.39 is 12.1 Å². The van der Waals surface area contributed by atoms with E-state index in [1.54, 1.807) is 42.6 Å². The van der Waals surface area contributed by atoms with Crippen LogP contribution in [0, 0.1) is 0 Å². The van der Waals surface area contributed by atoms with Gasteiger partial charge in [-0.05, 0) is 23.8 Å². The van der Waals surface area contributed by atoms with Gasteiger partial charge < -0.3 is 14.7 Å². The zero-order valence-corrected chi connectivity index (χ0v) is 12.7. The van der Waals surface area contributed by atoms with Gasteiger partial charge in [-0.1, -0.05) is 29.8 Å². The molecular weight excluding hydrogens is 320 g/mol. The summed E-state index contributed by atoms with van der Waals surface area (Å²) in [4.78, 5) is 29.0. The number of amides is 1. The molecule has 6 nitrogen and oxygen atoms in total. The minimum absolute atomic E-state index is 0.263. The number of ether oxygens (including phenoxy) is 1. The van der Waals surface area contributed by atoms with Gasteiger partial charge in [0, 0.05) is 6.20 Å². The summed E-state index contributed by atoms with van der Waals surface area (Å²) in [5.74, 6) is -0.989. The molecule has 0 bridgehead atoms. The minimum atomic E-state index is -1.09. The Morgan fingerprint density at radius 1 is 1.30 bits per heavy atom. The second kappa shape index (κ2) is 6.26. The lowest BCUT2D eigenvalue weighted by Crippen LogP contribution is -2.46. The molecule has 0 unspecified atom stereocenters. The van der Waals surface area contributed by atoms with Crippen molar-refractivity contribution in [2.24, 2.45) is 0 Å². The average Bonchev–Trinajstić information content (AvgIpc) is 2.53. The lowest BCUT2D eigenvalue weighted by molar-refractivity contribution is -0.142. The van der Waals surface area contributed by atoms with Gasteiger partial charge in [-0.3, -0.25) is 9.59 Å². The van der Waals surface area contributed by atoms with E-state index >= 15 is 0 Å². The van der Waals surface area contributed by atoms with E-state index in [0.29, 0.717) is 16.6 Å². The molecule has 2 aromatic rings. The summed E-state index contributed by atoms with van der Waals surface area (Å²) in [6.45, 7) is 0.263. The zero-order chi connectivity index (χ0) is 16.4. The minimum Gasteiger partial charge on any atom is -0.481 e. The first-order valence-electron chi connectivity index (χ1n) is 6.94. The maximum atomic E-state index is 12.6. The van der Waals surface area contributed by atoms with Crippen molar-refractivity contribution in [1.29, 1.82) is 0 Å². The molecule has 118 valence electrons. The number of halogens is 1. The van der Waals surface area contributed by atoms with Gasteiger partial charge in [0.2, 0.25) is 0 Å². The summed E-state index contributed by atoms with van der Waals surface area (Å²) in [7, 11) is 0. The Balaban J connectivity index is 1.93. The predicted octanol–water partition coefficient (Wildman–Crippen LogP) is 2.50. The normalized spacial score (nSPS) is 16.7. The Kier molecular flexibility index (Phi) is 4.16. The van der Waals surface area contributed by atoms with Crippen molar-refractivity contribution < 1.29 is 19.4 Å². The van der Waals surface area contributed by atoms with E-state index in [1.807, 2.05) is 0 Å². The van der Waals surface area contributed by atoms with Gasteiger partial charge in [0.25, 0.3) is 5.91 Å². The van der Waals surface area contributed by atoms with Crippen molar-refractivity contribution in [1.82, 2.24) is 4.98 Å². The van der Waals surface area contributed by atoms with Crippen LogP contribution in [0.1, 0.15) is 12.0 Å². The van der Waals surface area contributed by atoms with Crippen LogP contribution in [0.4, 0.5) is 5.69 Å². The second-order valence-electron chi connectivity index (χ2n) is 5.09. The second-order valence-corrected chi connectivity index (χ2v) is 5.47. The predicted molar refractivity (Wildman–Crippen MR) is 83.5 cm³/mol. The van der Waals surface area contributed by atoms with Crippen molar-refractivity contribution in [2.75, 3.05) is 4.90 Å². The molecule has 1 aliphatic heterocycles. The number of benzene rings is 1. The maximum Gasteiger partial charge on any atom is 0.307 e. The third-order valence-corrected chi connectivity index (χ3v) is 3.68. The van der Waals surface area contributed by atoms with E-state index in [9.17, 15) is 9.59 Å². The zero-order valence-electron chi connectivity index (χ0n) is 12.0. The van der Waals surface area contributed by atoms with E-state index in [4.69, 9.17) is 21.4 Å². The first-order chi connectivity index (χ1) is 11.0. The van der Waals surface area contributed by atoms with Gasteiger partial charge >= 0.3 is 5.97 Å². The molecule has 0 radical (unpaired) electrons. The number of aromatic nitrogens is 1. The van der Waals surface area contributed by atoms with Crippen molar-refractivity contribution >= 4 is 29.2 Å². The Labute approximate surface area is 137 Å². The third-order valence-electron chi connectivity index (χ3n) is 3.46. The molecule has 1 aliphatic rings. The summed E-state index contributed by atoms with van der Waals surface area (Å²) in [5.41, 5.74) is 1.39. The highest BCUT2D eigenvalue weighted by Crippen LogP contribution is 2.35. The molecule has 2 heterocycles. The Bertz CT molecular complexity index is 748. The fourth-order valence-electron chi connectivity index (χ4n) is 2.41. The monoisotopic (exact) mass is 332 g/mol. The number of anilines is 1. The summed E-state index contributed by atoms with van der Waals surface area (Å²) < 4.78 is 5.53. The number of nitrogens with zero attached hydrogens (tertiary/aromatic N) is 2. The molecular formula is C16H13ClN2O4. The van der Waals surface area contributed by atoms with Crippen LogP contribution in [0.15, 0.2) is 42.6 Å². The Morgan fingerprint density at radius 3 is 2.78 bits per heavy atom. The quantitative estimate of drug-likeness (QED) is 0.870. The lowest BCUT2D eigenvalue weighted by atomic mass is 10.1. The van der Waals surface area contributed by atoms with Crippen LogP contribution >= 0.6 is 11.6 Å². The van der Waals surface area contributed by atoms with Gasteiger partial charge in [-0.25, -0.2) is 4.98 Å². The maximum absolute atomic E-state index is 12.6. The van der Waals surface area contributed by atoms with Crippen molar-refractivity contribution in [3.8, 4) is 5.75 Å². The molecule has 1 aromatic carbocycles. The number of para-hydroxylation sites is 2. The summed E-state index contributed by atoms with van der Waals surface area (Å²) in [5, 5.41) is 9.33. The van der Waals surface area contributed by atoms with Crippen LogP contribution in [0.5, 0.6) is 5.75 Å².